The molecule has 1 atom stereocenters. The monoisotopic (exact) mass is 466 g/mol. The molecule has 1 fully saturated rings. The summed E-state index contributed by atoms with van der Waals surface area (Å²) in [5.41, 5.74) is 3.12. The van der Waals surface area contributed by atoms with Gasteiger partial charge in [0.05, 0.1) is 11.5 Å². The maximum Gasteiger partial charge on any atom is 0.236 e. The van der Waals surface area contributed by atoms with Gasteiger partial charge in [-0.05, 0) is 60.7 Å². The van der Waals surface area contributed by atoms with Crippen LogP contribution in [0.4, 0.5) is 5.82 Å². The number of carbonyl (C=O) groups excluding carboxylic acids is 1. The van der Waals surface area contributed by atoms with Crippen LogP contribution in [-0.4, -0.2) is 45.1 Å². The number of benzene rings is 2. The first-order valence-electron chi connectivity index (χ1n) is 11.7. The minimum absolute atomic E-state index is 0.0779. The number of amides is 1. The largest absolute Gasteiger partial charge is 0.457 e. The van der Waals surface area contributed by atoms with Crippen LogP contribution in [0.15, 0.2) is 66.9 Å². The Kier molecular flexibility index (Phi) is 6.57. The number of hydrogen-bond acceptors (Lipinski definition) is 6. The van der Waals surface area contributed by atoms with Gasteiger partial charge in [-0.2, -0.15) is 10.4 Å². The Morgan fingerprint density at radius 3 is 2.71 bits per heavy atom. The lowest BCUT2D eigenvalue weighted by molar-refractivity contribution is -0.129. The molecule has 2 N–H and O–H groups in total. The Morgan fingerprint density at radius 1 is 1.11 bits per heavy atom. The van der Waals surface area contributed by atoms with Crippen molar-refractivity contribution < 1.29 is 9.53 Å². The zero-order valence-corrected chi connectivity index (χ0v) is 19.3. The number of likely N-dealkylation sites (tertiary alicyclic amines) is 1. The minimum Gasteiger partial charge on any atom is -0.457 e. The van der Waals surface area contributed by atoms with Crippen LogP contribution in [0.25, 0.3) is 11.0 Å². The van der Waals surface area contributed by atoms with Crippen LogP contribution in [0.5, 0.6) is 11.5 Å². The first-order chi connectivity index (χ1) is 17.2. The van der Waals surface area contributed by atoms with E-state index in [-0.39, 0.29) is 18.4 Å². The van der Waals surface area contributed by atoms with Crippen molar-refractivity contribution in [3.8, 4) is 17.6 Å². The molecule has 1 saturated heterocycles. The third-order valence-corrected chi connectivity index (χ3v) is 6.25. The van der Waals surface area contributed by atoms with E-state index >= 15 is 0 Å². The number of aromatic amines is 1. The summed E-state index contributed by atoms with van der Waals surface area (Å²) in [5, 5.41) is 20.7. The summed E-state index contributed by atoms with van der Waals surface area (Å²) in [4.78, 5) is 18.2. The van der Waals surface area contributed by atoms with Crippen LogP contribution in [0.3, 0.4) is 0 Å². The zero-order valence-electron chi connectivity index (χ0n) is 19.3. The fraction of sp³-hybridized carbons (Fsp3) is 0.259. The third-order valence-electron chi connectivity index (χ3n) is 6.25. The SMILES string of the molecule is N#CCC(=O)N1CC[C@@H](Nc2n[nH]c3nccc(CCc4ccc(Oc5ccccc5)cc4)c23)C1. The molecule has 1 aliphatic rings. The number of rotatable bonds is 8. The summed E-state index contributed by atoms with van der Waals surface area (Å²) in [7, 11) is 0. The van der Waals surface area contributed by atoms with E-state index in [0.717, 1.165) is 53.2 Å². The summed E-state index contributed by atoms with van der Waals surface area (Å²) < 4.78 is 5.89. The van der Waals surface area contributed by atoms with E-state index in [4.69, 9.17) is 10.00 Å². The quantitative estimate of drug-likeness (QED) is 0.397. The number of nitrogens with zero attached hydrogens (tertiary/aromatic N) is 4. The average Bonchev–Trinajstić information content (AvgIpc) is 3.52. The van der Waals surface area contributed by atoms with Gasteiger partial charge >= 0.3 is 0 Å². The molecule has 2 aromatic carbocycles. The number of fused-ring (bicyclic) bond motifs is 1. The molecule has 0 saturated carbocycles. The topological polar surface area (TPSA) is 107 Å². The second kappa shape index (κ2) is 10.3. The number of pyridine rings is 1. The molecule has 4 aromatic rings. The fourth-order valence-electron chi connectivity index (χ4n) is 4.43. The first-order valence-corrected chi connectivity index (χ1v) is 11.7. The number of aryl methyl sites for hydroxylation is 2. The van der Waals surface area contributed by atoms with Crippen molar-refractivity contribution in [3.05, 3.63) is 78.0 Å². The molecule has 0 spiro atoms. The van der Waals surface area contributed by atoms with Crippen LogP contribution < -0.4 is 10.1 Å². The second-order valence-corrected chi connectivity index (χ2v) is 8.63. The molecule has 2 aromatic heterocycles. The molecule has 176 valence electrons. The zero-order chi connectivity index (χ0) is 24.0. The highest BCUT2D eigenvalue weighted by atomic mass is 16.5. The molecule has 1 amide bonds. The highest BCUT2D eigenvalue weighted by Gasteiger charge is 2.27. The smallest absolute Gasteiger partial charge is 0.236 e. The Labute approximate surface area is 203 Å². The lowest BCUT2D eigenvalue weighted by Gasteiger charge is -2.16. The highest BCUT2D eigenvalue weighted by Crippen LogP contribution is 2.27. The van der Waals surface area contributed by atoms with Crippen molar-refractivity contribution in [3.63, 3.8) is 0 Å². The Balaban J connectivity index is 1.24. The predicted molar refractivity (Wildman–Crippen MR) is 133 cm³/mol. The van der Waals surface area contributed by atoms with E-state index < -0.39 is 0 Å². The van der Waals surface area contributed by atoms with Gasteiger partial charge in [-0.1, -0.05) is 30.3 Å². The van der Waals surface area contributed by atoms with E-state index in [1.165, 1.54) is 5.56 Å². The standard InChI is InChI=1S/C27H26N6O2/c28-15-12-24(34)33-17-14-21(18-33)30-27-25-20(13-16-29-26(25)31-32-27)9-6-19-7-10-23(11-8-19)35-22-4-2-1-3-5-22/h1-5,7-8,10-11,13,16,21H,6,9,12,14,17-18H2,(H2,29,30,31,32)/t21-/m1/s1. The molecule has 0 aliphatic carbocycles. The van der Waals surface area contributed by atoms with Gasteiger partial charge in [-0.15, -0.1) is 0 Å². The van der Waals surface area contributed by atoms with E-state index in [2.05, 4.69) is 32.6 Å². The summed E-state index contributed by atoms with van der Waals surface area (Å²) in [6.07, 6.45) is 4.25. The van der Waals surface area contributed by atoms with E-state index in [1.54, 1.807) is 11.1 Å². The van der Waals surface area contributed by atoms with Crippen molar-refractivity contribution in [1.29, 1.82) is 5.26 Å². The molecule has 5 rings (SSSR count). The van der Waals surface area contributed by atoms with Gasteiger partial charge in [0.25, 0.3) is 0 Å². The number of nitriles is 1. The van der Waals surface area contributed by atoms with Crippen LogP contribution in [0.2, 0.25) is 0 Å². The summed E-state index contributed by atoms with van der Waals surface area (Å²) in [6, 6.07) is 22.0. The molecule has 3 heterocycles. The Bertz CT molecular complexity index is 1340. The number of para-hydroxylation sites is 1. The lowest BCUT2D eigenvalue weighted by atomic mass is 10.0. The van der Waals surface area contributed by atoms with Gasteiger partial charge < -0.3 is 15.0 Å². The van der Waals surface area contributed by atoms with Crippen molar-refractivity contribution in [2.75, 3.05) is 18.4 Å². The fourth-order valence-corrected chi connectivity index (χ4v) is 4.43. The van der Waals surface area contributed by atoms with Crippen LogP contribution in [-0.2, 0) is 17.6 Å². The summed E-state index contributed by atoms with van der Waals surface area (Å²) in [5.74, 6) is 2.27. The molecular weight excluding hydrogens is 440 g/mol. The summed E-state index contributed by atoms with van der Waals surface area (Å²) >= 11 is 0. The maximum atomic E-state index is 12.0. The normalized spacial score (nSPS) is 15.2. The van der Waals surface area contributed by atoms with Gasteiger partial charge in [0, 0.05) is 25.3 Å². The molecule has 0 bridgehead atoms. The van der Waals surface area contributed by atoms with Gasteiger partial charge in [-0.25, -0.2) is 4.98 Å². The first kappa shape index (κ1) is 22.4. The molecule has 8 heteroatoms. The molecule has 0 unspecified atom stereocenters. The molecular formula is C27H26N6O2. The molecule has 8 nitrogen and oxygen atoms in total. The van der Waals surface area contributed by atoms with Crippen LogP contribution >= 0.6 is 0 Å². The summed E-state index contributed by atoms with van der Waals surface area (Å²) in [6.45, 7) is 1.22. The van der Waals surface area contributed by atoms with Gasteiger partial charge in [-0.3, -0.25) is 9.89 Å². The number of H-pyrrole nitrogens is 1. The van der Waals surface area contributed by atoms with E-state index in [0.29, 0.717) is 13.1 Å². The van der Waals surface area contributed by atoms with Crippen molar-refractivity contribution >= 4 is 22.8 Å². The lowest BCUT2D eigenvalue weighted by Crippen LogP contribution is -2.31. The number of ether oxygens (including phenoxy) is 1. The minimum atomic E-state index is -0.119. The molecule has 0 radical (unpaired) electrons. The number of anilines is 1. The van der Waals surface area contributed by atoms with Gasteiger partial charge in [0.15, 0.2) is 11.5 Å². The van der Waals surface area contributed by atoms with Crippen LogP contribution in [0.1, 0.15) is 24.0 Å². The van der Waals surface area contributed by atoms with Crippen LogP contribution in [0, 0.1) is 11.3 Å². The molecule has 35 heavy (non-hydrogen) atoms. The number of aromatic nitrogens is 3. The number of carbonyl (C=O) groups is 1. The van der Waals surface area contributed by atoms with Crippen molar-refractivity contribution in [2.45, 2.75) is 31.7 Å². The molecule has 1 aliphatic heterocycles. The maximum absolute atomic E-state index is 12.0. The Hall–Kier alpha value is -4.38. The van der Waals surface area contributed by atoms with Crippen molar-refractivity contribution in [2.24, 2.45) is 0 Å². The Morgan fingerprint density at radius 2 is 1.91 bits per heavy atom. The van der Waals surface area contributed by atoms with E-state index in [9.17, 15) is 4.79 Å². The van der Waals surface area contributed by atoms with Gasteiger partial charge in [0.1, 0.15) is 17.9 Å². The van der Waals surface area contributed by atoms with Gasteiger partial charge in [0.2, 0.25) is 5.91 Å². The number of nitrogens with one attached hydrogen (secondary N) is 2. The number of hydrogen-bond donors (Lipinski definition) is 2. The predicted octanol–water partition coefficient (Wildman–Crippen LogP) is 4.46. The van der Waals surface area contributed by atoms with E-state index in [1.807, 2.05) is 54.6 Å². The highest BCUT2D eigenvalue weighted by molar-refractivity contribution is 5.90. The van der Waals surface area contributed by atoms with Crippen molar-refractivity contribution in [1.82, 2.24) is 20.1 Å². The average molecular weight is 467 g/mol. The second-order valence-electron chi connectivity index (χ2n) is 8.63. The third kappa shape index (κ3) is 5.25.